The maximum absolute atomic E-state index is 12.9. The molecule has 0 atom stereocenters. The number of carbonyl (C=O) groups excluding carboxylic acids is 1. The van der Waals surface area contributed by atoms with E-state index in [1.54, 1.807) is 0 Å². The number of benzene rings is 2. The van der Waals surface area contributed by atoms with Crippen molar-refractivity contribution in [2.75, 3.05) is 6.54 Å². The summed E-state index contributed by atoms with van der Waals surface area (Å²) >= 11 is 5.87. The van der Waals surface area contributed by atoms with E-state index in [2.05, 4.69) is 15.5 Å². The fraction of sp³-hybridized carbons (Fsp3) is 0.182. The lowest BCUT2D eigenvalue weighted by Gasteiger charge is -2.07. The highest BCUT2D eigenvalue weighted by atomic mass is 35.5. The SMILES string of the molecule is O=C(CCn1cnc2onc(-c3ccccc3)c2c1=O)NCCc1ccc(Cl)cc1. The van der Waals surface area contributed by atoms with Crippen molar-refractivity contribution in [1.29, 1.82) is 0 Å². The van der Waals surface area contributed by atoms with Crippen molar-refractivity contribution in [2.45, 2.75) is 19.4 Å². The largest absolute Gasteiger partial charge is 0.356 e. The van der Waals surface area contributed by atoms with E-state index >= 15 is 0 Å². The van der Waals surface area contributed by atoms with E-state index in [-0.39, 0.29) is 30.1 Å². The summed E-state index contributed by atoms with van der Waals surface area (Å²) in [4.78, 5) is 29.2. The minimum absolute atomic E-state index is 0.135. The number of hydrogen-bond acceptors (Lipinski definition) is 5. The number of aromatic nitrogens is 3. The lowest BCUT2D eigenvalue weighted by atomic mass is 10.1. The molecule has 4 aromatic rings. The molecule has 0 aliphatic rings. The summed E-state index contributed by atoms with van der Waals surface area (Å²) in [7, 11) is 0. The Bertz CT molecular complexity index is 1220. The third-order valence-corrected chi connectivity index (χ3v) is 4.99. The molecule has 0 fully saturated rings. The van der Waals surface area contributed by atoms with Crippen LogP contribution in [0.2, 0.25) is 5.02 Å². The molecule has 7 nitrogen and oxygen atoms in total. The van der Waals surface area contributed by atoms with Crippen LogP contribution in [0.3, 0.4) is 0 Å². The summed E-state index contributed by atoms with van der Waals surface area (Å²) in [6.45, 7) is 0.727. The van der Waals surface area contributed by atoms with E-state index in [9.17, 15) is 9.59 Å². The van der Waals surface area contributed by atoms with Gasteiger partial charge in [0.2, 0.25) is 5.91 Å². The second kappa shape index (κ2) is 8.92. The molecule has 1 amide bonds. The van der Waals surface area contributed by atoms with Gasteiger partial charge in [0, 0.05) is 30.1 Å². The van der Waals surface area contributed by atoms with Crippen LogP contribution in [0.1, 0.15) is 12.0 Å². The smallest absolute Gasteiger partial charge is 0.266 e. The van der Waals surface area contributed by atoms with E-state index in [4.69, 9.17) is 16.1 Å². The summed E-state index contributed by atoms with van der Waals surface area (Å²) in [5.74, 6) is -0.135. The van der Waals surface area contributed by atoms with Crippen LogP contribution >= 0.6 is 11.6 Å². The van der Waals surface area contributed by atoms with Gasteiger partial charge in [-0.25, -0.2) is 4.98 Å². The number of halogens is 1. The molecule has 0 saturated carbocycles. The first kappa shape index (κ1) is 19.8. The van der Waals surface area contributed by atoms with E-state index in [0.717, 1.165) is 11.1 Å². The topological polar surface area (TPSA) is 90.0 Å². The van der Waals surface area contributed by atoms with Gasteiger partial charge in [-0.1, -0.05) is 59.2 Å². The third kappa shape index (κ3) is 4.41. The van der Waals surface area contributed by atoms with Crippen molar-refractivity contribution in [2.24, 2.45) is 0 Å². The quantitative estimate of drug-likeness (QED) is 0.492. The molecular weight excluding hydrogens is 404 g/mol. The van der Waals surface area contributed by atoms with E-state index in [1.807, 2.05) is 54.6 Å². The third-order valence-electron chi connectivity index (χ3n) is 4.74. The van der Waals surface area contributed by atoms with Crippen LogP contribution in [0.4, 0.5) is 0 Å². The molecule has 0 bridgehead atoms. The van der Waals surface area contributed by atoms with Gasteiger partial charge >= 0.3 is 0 Å². The zero-order chi connectivity index (χ0) is 20.9. The zero-order valence-corrected chi connectivity index (χ0v) is 16.8. The summed E-state index contributed by atoms with van der Waals surface area (Å²) in [6, 6.07) is 16.8. The first-order chi connectivity index (χ1) is 14.6. The molecular formula is C22H19ClN4O3. The van der Waals surface area contributed by atoms with Crippen LogP contribution in [0.5, 0.6) is 0 Å². The van der Waals surface area contributed by atoms with E-state index in [1.165, 1.54) is 10.9 Å². The molecule has 2 aromatic heterocycles. The predicted octanol–water partition coefficient (Wildman–Crippen LogP) is 3.45. The molecule has 0 saturated heterocycles. The lowest BCUT2D eigenvalue weighted by molar-refractivity contribution is -0.121. The average molecular weight is 423 g/mol. The molecule has 30 heavy (non-hydrogen) atoms. The molecule has 152 valence electrons. The number of rotatable bonds is 7. The number of carbonyl (C=O) groups is 1. The Labute approximate surface area is 177 Å². The van der Waals surface area contributed by atoms with Crippen molar-refractivity contribution < 1.29 is 9.32 Å². The molecule has 2 heterocycles. The van der Waals surface area contributed by atoms with Crippen LogP contribution in [-0.4, -0.2) is 27.2 Å². The number of nitrogens with zero attached hydrogens (tertiary/aromatic N) is 3. The number of amides is 1. The summed E-state index contributed by atoms with van der Waals surface area (Å²) in [5, 5.41) is 7.86. The van der Waals surface area contributed by atoms with Gasteiger partial charge in [0.15, 0.2) is 0 Å². The van der Waals surface area contributed by atoms with Crippen molar-refractivity contribution in [3.8, 4) is 11.3 Å². The van der Waals surface area contributed by atoms with Gasteiger partial charge in [0.25, 0.3) is 11.3 Å². The molecule has 0 radical (unpaired) electrons. The Balaban J connectivity index is 1.40. The second-order valence-corrected chi connectivity index (χ2v) is 7.23. The molecule has 0 spiro atoms. The number of nitrogens with one attached hydrogen (secondary N) is 1. The van der Waals surface area contributed by atoms with E-state index < -0.39 is 0 Å². The van der Waals surface area contributed by atoms with Crippen molar-refractivity contribution in [3.05, 3.63) is 81.9 Å². The standard InChI is InChI=1S/C22H19ClN4O3/c23-17-8-6-15(7-9-17)10-12-24-18(28)11-13-27-14-25-21-19(22(27)29)20(26-30-21)16-4-2-1-3-5-16/h1-9,14H,10-13H2,(H,24,28). The minimum atomic E-state index is -0.283. The average Bonchev–Trinajstić information content (AvgIpc) is 3.20. The number of aryl methyl sites for hydroxylation is 1. The van der Waals surface area contributed by atoms with Crippen LogP contribution in [-0.2, 0) is 17.8 Å². The molecule has 0 unspecified atom stereocenters. The number of hydrogen-bond donors (Lipinski definition) is 1. The van der Waals surface area contributed by atoms with Gasteiger partial charge in [0.1, 0.15) is 17.4 Å². The first-order valence-electron chi connectivity index (χ1n) is 9.53. The fourth-order valence-corrected chi connectivity index (χ4v) is 3.27. The van der Waals surface area contributed by atoms with Gasteiger partial charge < -0.3 is 9.84 Å². The fourth-order valence-electron chi connectivity index (χ4n) is 3.14. The highest BCUT2D eigenvalue weighted by Crippen LogP contribution is 2.23. The van der Waals surface area contributed by atoms with Crippen LogP contribution in [0.15, 0.2) is 70.2 Å². The summed E-state index contributed by atoms with van der Waals surface area (Å²) < 4.78 is 6.61. The zero-order valence-electron chi connectivity index (χ0n) is 16.0. The van der Waals surface area contributed by atoms with Crippen molar-refractivity contribution in [1.82, 2.24) is 20.0 Å². The van der Waals surface area contributed by atoms with Crippen molar-refractivity contribution >= 4 is 28.6 Å². The summed E-state index contributed by atoms with van der Waals surface area (Å²) in [6.07, 6.45) is 2.25. The summed E-state index contributed by atoms with van der Waals surface area (Å²) in [5.41, 5.74) is 2.21. The van der Waals surface area contributed by atoms with Crippen LogP contribution < -0.4 is 10.9 Å². The molecule has 2 aromatic carbocycles. The van der Waals surface area contributed by atoms with Crippen LogP contribution in [0.25, 0.3) is 22.4 Å². The Hall–Kier alpha value is -3.45. The molecule has 0 aliphatic carbocycles. The Morgan fingerprint density at radius 1 is 1.10 bits per heavy atom. The molecule has 0 aliphatic heterocycles. The van der Waals surface area contributed by atoms with Gasteiger partial charge in [-0.15, -0.1) is 0 Å². The monoisotopic (exact) mass is 422 g/mol. The maximum Gasteiger partial charge on any atom is 0.266 e. The maximum atomic E-state index is 12.9. The predicted molar refractivity (Wildman–Crippen MR) is 114 cm³/mol. The Morgan fingerprint density at radius 3 is 2.63 bits per heavy atom. The van der Waals surface area contributed by atoms with Gasteiger partial charge in [0.05, 0.1) is 0 Å². The minimum Gasteiger partial charge on any atom is -0.356 e. The lowest BCUT2D eigenvalue weighted by Crippen LogP contribution is -2.29. The van der Waals surface area contributed by atoms with Gasteiger partial charge in [-0.3, -0.25) is 14.2 Å². The van der Waals surface area contributed by atoms with Gasteiger partial charge in [-0.2, -0.15) is 0 Å². The molecule has 8 heteroatoms. The highest BCUT2D eigenvalue weighted by molar-refractivity contribution is 6.30. The van der Waals surface area contributed by atoms with Crippen molar-refractivity contribution in [3.63, 3.8) is 0 Å². The van der Waals surface area contributed by atoms with Gasteiger partial charge in [-0.05, 0) is 24.1 Å². The van der Waals surface area contributed by atoms with Crippen LogP contribution in [0, 0.1) is 0 Å². The normalized spacial score (nSPS) is 11.0. The molecule has 4 rings (SSSR count). The first-order valence-corrected chi connectivity index (χ1v) is 9.91. The number of fused-ring (bicyclic) bond motifs is 1. The van der Waals surface area contributed by atoms with E-state index in [0.29, 0.717) is 29.1 Å². The Kier molecular flexibility index (Phi) is 5.90. The second-order valence-electron chi connectivity index (χ2n) is 6.80. The molecule has 1 N–H and O–H groups in total. The Morgan fingerprint density at radius 2 is 1.87 bits per heavy atom. The highest BCUT2D eigenvalue weighted by Gasteiger charge is 2.17.